The number of β-amino-alcohol motifs (C(OH)–C–C–N with tert-alkyl or cyclic N) is 2. The minimum atomic E-state index is -0.410. The SMILES string of the molecule is O=C1COc2cc(-c3cccc(-c4cccc(-c5ccc6c(c5)OCC(=O)N6C[C@@H]5C[C@@H](O)CN5)c4Cl)c3Cl)ccc2N1C[C@@H]1C[C@@H](O)CN1. The second-order valence-corrected chi connectivity index (χ2v) is 14.0. The minimum Gasteiger partial charge on any atom is -0.482 e. The first-order chi connectivity index (χ1) is 24.2. The normalized spacial score (nSPS) is 23.0. The number of halogens is 2. The number of benzene rings is 4. The number of fused-ring (bicyclic) bond motifs is 2. The van der Waals surface area contributed by atoms with Crippen molar-refractivity contribution >= 4 is 46.4 Å². The third-order valence-electron chi connectivity index (χ3n) is 9.92. The first-order valence-corrected chi connectivity index (χ1v) is 17.5. The minimum absolute atomic E-state index is 0.00826. The van der Waals surface area contributed by atoms with E-state index in [9.17, 15) is 19.8 Å². The second-order valence-electron chi connectivity index (χ2n) is 13.3. The largest absolute Gasteiger partial charge is 0.482 e. The molecule has 4 N–H and O–H groups in total. The van der Waals surface area contributed by atoms with Gasteiger partial charge in [0.25, 0.3) is 11.8 Å². The maximum atomic E-state index is 12.8. The summed E-state index contributed by atoms with van der Waals surface area (Å²) in [5.74, 6) is 0.936. The number of ether oxygens (including phenoxy) is 2. The van der Waals surface area contributed by atoms with Gasteiger partial charge in [-0.2, -0.15) is 0 Å². The van der Waals surface area contributed by atoms with E-state index in [4.69, 9.17) is 32.7 Å². The fourth-order valence-electron chi connectivity index (χ4n) is 7.38. The van der Waals surface area contributed by atoms with Gasteiger partial charge in [0.05, 0.1) is 33.6 Å². The highest BCUT2D eigenvalue weighted by Crippen LogP contribution is 2.45. The van der Waals surface area contributed by atoms with E-state index in [2.05, 4.69) is 10.6 Å². The van der Waals surface area contributed by atoms with Gasteiger partial charge in [0, 0.05) is 60.5 Å². The zero-order valence-corrected chi connectivity index (χ0v) is 28.6. The van der Waals surface area contributed by atoms with E-state index in [1.807, 2.05) is 72.8 Å². The Morgan fingerprint density at radius 1 is 0.640 bits per heavy atom. The number of carbonyl (C=O) groups is 2. The van der Waals surface area contributed by atoms with Crippen LogP contribution in [0.15, 0.2) is 72.8 Å². The molecule has 0 unspecified atom stereocenters. The van der Waals surface area contributed by atoms with Gasteiger partial charge < -0.3 is 40.1 Å². The summed E-state index contributed by atoms with van der Waals surface area (Å²) in [4.78, 5) is 29.1. The number of hydrogen-bond acceptors (Lipinski definition) is 8. The van der Waals surface area contributed by atoms with Crippen molar-refractivity contribution in [3.63, 3.8) is 0 Å². The van der Waals surface area contributed by atoms with Crippen molar-refractivity contribution < 1.29 is 29.3 Å². The number of aliphatic hydroxyl groups is 2. The van der Waals surface area contributed by atoms with Gasteiger partial charge in [-0.05, 0) is 48.2 Å². The Kier molecular flexibility index (Phi) is 8.93. The Bertz CT molecular complexity index is 1850. The molecule has 0 aliphatic carbocycles. The Morgan fingerprint density at radius 2 is 1.06 bits per heavy atom. The van der Waals surface area contributed by atoms with E-state index in [1.165, 1.54) is 0 Å². The van der Waals surface area contributed by atoms with Crippen molar-refractivity contribution in [3.8, 4) is 44.9 Å². The van der Waals surface area contributed by atoms with Crippen LogP contribution >= 0.6 is 23.2 Å². The van der Waals surface area contributed by atoms with Gasteiger partial charge in [-0.25, -0.2) is 0 Å². The van der Waals surface area contributed by atoms with Gasteiger partial charge in [0.1, 0.15) is 11.5 Å². The number of aliphatic hydroxyl groups excluding tert-OH is 2. The molecule has 4 aromatic rings. The van der Waals surface area contributed by atoms with E-state index in [-0.39, 0.29) is 37.1 Å². The molecular formula is C38H36Cl2N4O6. The maximum Gasteiger partial charge on any atom is 0.265 e. The predicted molar refractivity (Wildman–Crippen MR) is 193 cm³/mol. The topological polar surface area (TPSA) is 124 Å². The summed E-state index contributed by atoms with van der Waals surface area (Å²) < 4.78 is 11.7. The number of rotatable bonds is 7. The van der Waals surface area contributed by atoms with Crippen LogP contribution in [-0.4, -0.2) is 85.7 Å². The fraction of sp³-hybridized carbons (Fsp3) is 0.316. The van der Waals surface area contributed by atoms with Gasteiger partial charge in [-0.1, -0.05) is 71.7 Å². The summed E-state index contributed by atoms with van der Waals surface area (Å²) in [5, 5.41) is 27.5. The third kappa shape index (κ3) is 6.21. The van der Waals surface area contributed by atoms with Crippen molar-refractivity contribution in [2.24, 2.45) is 0 Å². The molecule has 0 saturated carbocycles. The summed E-state index contributed by atoms with van der Waals surface area (Å²) in [7, 11) is 0. The van der Waals surface area contributed by atoms with Crippen LogP contribution in [0.1, 0.15) is 12.8 Å². The monoisotopic (exact) mass is 714 g/mol. The summed E-state index contributed by atoms with van der Waals surface area (Å²) in [6.07, 6.45) is 0.365. The van der Waals surface area contributed by atoms with Crippen LogP contribution in [0.25, 0.3) is 33.4 Å². The number of carbonyl (C=O) groups excluding carboxylic acids is 2. The Labute approximate surface area is 299 Å². The van der Waals surface area contributed by atoms with E-state index in [0.29, 0.717) is 71.9 Å². The highest BCUT2D eigenvalue weighted by molar-refractivity contribution is 6.39. The lowest BCUT2D eigenvalue weighted by Crippen LogP contribution is -2.45. The molecule has 4 aliphatic heterocycles. The van der Waals surface area contributed by atoms with Gasteiger partial charge >= 0.3 is 0 Å². The van der Waals surface area contributed by atoms with Crippen LogP contribution in [0.3, 0.4) is 0 Å². The van der Waals surface area contributed by atoms with Crippen molar-refractivity contribution in [2.75, 3.05) is 49.2 Å². The van der Waals surface area contributed by atoms with Crippen LogP contribution in [0.5, 0.6) is 11.5 Å². The average molecular weight is 716 g/mol. The first kappa shape index (κ1) is 33.0. The number of nitrogens with one attached hydrogen (secondary N) is 2. The molecular weight excluding hydrogens is 679 g/mol. The zero-order chi connectivity index (χ0) is 34.5. The molecule has 4 aliphatic rings. The van der Waals surface area contributed by atoms with Gasteiger partial charge in [-0.3, -0.25) is 9.59 Å². The van der Waals surface area contributed by atoms with E-state index < -0.39 is 12.2 Å². The quantitative estimate of drug-likeness (QED) is 0.214. The van der Waals surface area contributed by atoms with Crippen molar-refractivity contribution in [1.82, 2.24) is 10.6 Å². The Balaban J connectivity index is 1.08. The number of hydrogen-bond donors (Lipinski definition) is 4. The van der Waals surface area contributed by atoms with Crippen LogP contribution in [0.2, 0.25) is 10.0 Å². The van der Waals surface area contributed by atoms with Gasteiger partial charge in [0.2, 0.25) is 0 Å². The third-order valence-corrected chi connectivity index (χ3v) is 10.7. The van der Waals surface area contributed by atoms with Gasteiger partial charge in [0.15, 0.2) is 13.2 Å². The van der Waals surface area contributed by atoms with Crippen molar-refractivity contribution in [1.29, 1.82) is 0 Å². The Morgan fingerprint density at radius 3 is 1.46 bits per heavy atom. The molecule has 2 amide bonds. The van der Waals surface area contributed by atoms with E-state index in [0.717, 1.165) is 33.4 Å². The molecule has 2 fully saturated rings. The first-order valence-electron chi connectivity index (χ1n) is 16.8. The van der Waals surface area contributed by atoms with Crippen LogP contribution in [-0.2, 0) is 9.59 Å². The molecule has 258 valence electrons. The van der Waals surface area contributed by atoms with Crippen LogP contribution in [0.4, 0.5) is 11.4 Å². The predicted octanol–water partition coefficient (Wildman–Crippen LogP) is 4.89. The summed E-state index contributed by atoms with van der Waals surface area (Å²) in [6.45, 7) is 1.81. The van der Waals surface area contributed by atoms with Crippen molar-refractivity contribution in [3.05, 3.63) is 82.8 Å². The molecule has 4 aromatic carbocycles. The smallest absolute Gasteiger partial charge is 0.265 e. The highest BCUT2D eigenvalue weighted by atomic mass is 35.5. The number of anilines is 2. The molecule has 0 spiro atoms. The molecule has 0 radical (unpaired) electrons. The molecule has 2 saturated heterocycles. The second kappa shape index (κ2) is 13.5. The Hall–Kier alpha value is -4.16. The lowest BCUT2D eigenvalue weighted by molar-refractivity contribution is -0.122. The lowest BCUT2D eigenvalue weighted by atomic mass is 9.95. The molecule has 10 nitrogen and oxygen atoms in total. The molecule has 50 heavy (non-hydrogen) atoms. The van der Waals surface area contributed by atoms with Crippen molar-refractivity contribution in [2.45, 2.75) is 37.1 Å². The maximum absolute atomic E-state index is 12.8. The zero-order valence-electron chi connectivity index (χ0n) is 27.1. The lowest BCUT2D eigenvalue weighted by Gasteiger charge is -2.31. The fourth-order valence-corrected chi connectivity index (χ4v) is 8.06. The molecule has 8 rings (SSSR count). The van der Waals surface area contributed by atoms with E-state index in [1.54, 1.807) is 9.80 Å². The highest BCUT2D eigenvalue weighted by Gasteiger charge is 2.33. The summed E-state index contributed by atoms with van der Waals surface area (Å²) in [5.41, 5.74) is 6.14. The van der Waals surface area contributed by atoms with Crippen LogP contribution < -0.4 is 29.9 Å². The average Bonchev–Trinajstić information content (AvgIpc) is 3.73. The molecule has 0 aromatic heterocycles. The van der Waals surface area contributed by atoms with E-state index >= 15 is 0 Å². The number of nitrogens with zero attached hydrogens (tertiary/aromatic N) is 2. The molecule has 12 heteroatoms. The molecule has 4 atom stereocenters. The summed E-state index contributed by atoms with van der Waals surface area (Å²) >= 11 is 14.3. The molecule has 0 bridgehead atoms. The van der Waals surface area contributed by atoms with Gasteiger partial charge in [-0.15, -0.1) is 0 Å². The summed E-state index contributed by atoms with van der Waals surface area (Å²) in [6, 6.07) is 23.1. The molecule has 4 heterocycles. The number of amides is 2. The standard InChI is InChI=1S/C38H36Cl2N4O6/c39-37-27(21-7-9-31-33(11-21)49-19-35(47)43(31)17-23-13-25(45)15-41-23)3-1-5-29(37)30-6-2-4-28(38(30)40)22-8-10-32-34(12-22)50-20-36(48)44(32)18-24-14-26(46)16-42-24/h1-12,23-26,41-42,45-46H,13-20H2/t23-,24-,25+,26+/m0/s1. The van der Waals surface area contributed by atoms with Crippen LogP contribution in [0, 0.1) is 0 Å².